The number of ether oxygens (including phenoxy) is 1. The molecule has 0 N–H and O–H groups in total. The molecule has 1 aromatic heterocycles. The minimum Gasteiger partial charge on any atom is -0.463 e. The number of nitrogens with zero attached hydrogens (tertiary/aromatic N) is 1. The summed E-state index contributed by atoms with van der Waals surface area (Å²) in [6.45, 7) is 8.29. The standard InChI is InChI=1S/C22H29NO2/c1-17(2)21-15-22(11-14-25-21,19-8-6-18(3)7-9-19)10-12-23-16-20-5-4-13-24-20/h4-9,13,16-17,21H,10-12,14-15H2,1-3H3/t21-,22+/m0/s1. The van der Waals surface area contributed by atoms with Crippen LogP contribution < -0.4 is 0 Å². The molecule has 2 heterocycles. The molecule has 0 aliphatic carbocycles. The van der Waals surface area contributed by atoms with Crippen molar-refractivity contribution in [1.82, 2.24) is 0 Å². The summed E-state index contributed by atoms with van der Waals surface area (Å²) in [5, 5.41) is 0. The van der Waals surface area contributed by atoms with E-state index in [4.69, 9.17) is 9.15 Å². The third-order valence-corrected chi connectivity index (χ3v) is 5.39. The molecule has 0 radical (unpaired) electrons. The summed E-state index contributed by atoms with van der Waals surface area (Å²) in [4.78, 5) is 4.61. The van der Waals surface area contributed by atoms with Crippen LogP contribution >= 0.6 is 0 Å². The highest BCUT2D eigenvalue weighted by Gasteiger charge is 2.39. The van der Waals surface area contributed by atoms with Crippen LogP contribution in [0, 0.1) is 12.8 Å². The fourth-order valence-corrected chi connectivity index (χ4v) is 3.72. The van der Waals surface area contributed by atoms with Crippen molar-refractivity contribution in [3.05, 3.63) is 59.5 Å². The molecule has 2 atom stereocenters. The fourth-order valence-electron chi connectivity index (χ4n) is 3.72. The Morgan fingerprint density at radius 1 is 1.24 bits per heavy atom. The Kier molecular flexibility index (Phi) is 5.74. The van der Waals surface area contributed by atoms with E-state index >= 15 is 0 Å². The van der Waals surface area contributed by atoms with E-state index in [-0.39, 0.29) is 5.41 Å². The highest BCUT2D eigenvalue weighted by molar-refractivity contribution is 5.75. The van der Waals surface area contributed by atoms with E-state index in [0.717, 1.165) is 38.2 Å². The van der Waals surface area contributed by atoms with Gasteiger partial charge in [-0.1, -0.05) is 43.7 Å². The van der Waals surface area contributed by atoms with E-state index in [9.17, 15) is 0 Å². The molecule has 0 spiro atoms. The molecule has 3 heteroatoms. The van der Waals surface area contributed by atoms with Crippen LogP contribution in [0.3, 0.4) is 0 Å². The van der Waals surface area contributed by atoms with Crippen molar-refractivity contribution in [2.45, 2.75) is 51.6 Å². The lowest BCUT2D eigenvalue weighted by atomic mass is 9.68. The third kappa shape index (κ3) is 4.40. The number of hydrogen-bond acceptors (Lipinski definition) is 3. The monoisotopic (exact) mass is 339 g/mol. The topological polar surface area (TPSA) is 34.7 Å². The quantitative estimate of drug-likeness (QED) is 0.681. The molecular weight excluding hydrogens is 310 g/mol. The molecule has 134 valence electrons. The fraction of sp³-hybridized carbons (Fsp3) is 0.500. The molecule has 1 fully saturated rings. The van der Waals surface area contributed by atoms with Gasteiger partial charge in [0.25, 0.3) is 0 Å². The van der Waals surface area contributed by atoms with Crippen molar-refractivity contribution in [3.8, 4) is 0 Å². The average molecular weight is 339 g/mol. The van der Waals surface area contributed by atoms with Crippen LogP contribution in [0.25, 0.3) is 0 Å². The molecule has 2 aromatic rings. The van der Waals surface area contributed by atoms with E-state index in [0.29, 0.717) is 12.0 Å². The van der Waals surface area contributed by atoms with E-state index in [1.54, 1.807) is 6.26 Å². The van der Waals surface area contributed by atoms with Crippen LogP contribution in [-0.4, -0.2) is 25.5 Å². The predicted octanol–water partition coefficient (Wildman–Crippen LogP) is 5.17. The maximum absolute atomic E-state index is 6.05. The van der Waals surface area contributed by atoms with Crippen molar-refractivity contribution >= 4 is 6.21 Å². The first kappa shape index (κ1) is 17.9. The Morgan fingerprint density at radius 3 is 2.72 bits per heavy atom. The van der Waals surface area contributed by atoms with E-state index in [1.165, 1.54) is 11.1 Å². The van der Waals surface area contributed by atoms with Gasteiger partial charge in [-0.25, -0.2) is 0 Å². The van der Waals surface area contributed by atoms with Crippen LogP contribution in [0.1, 0.15) is 50.0 Å². The second-order valence-corrected chi connectivity index (χ2v) is 7.55. The number of hydrogen-bond donors (Lipinski definition) is 0. The van der Waals surface area contributed by atoms with Gasteiger partial charge in [-0.3, -0.25) is 4.99 Å². The van der Waals surface area contributed by atoms with Gasteiger partial charge in [0.15, 0.2) is 0 Å². The molecule has 0 bridgehead atoms. The molecule has 0 saturated carbocycles. The largest absolute Gasteiger partial charge is 0.463 e. The molecule has 0 amide bonds. The number of furan rings is 1. The Hall–Kier alpha value is -1.87. The third-order valence-electron chi connectivity index (χ3n) is 5.39. The maximum atomic E-state index is 6.05. The first-order valence-electron chi connectivity index (χ1n) is 9.31. The Morgan fingerprint density at radius 2 is 2.04 bits per heavy atom. The molecule has 0 unspecified atom stereocenters. The van der Waals surface area contributed by atoms with Crippen LogP contribution in [-0.2, 0) is 10.2 Å². The van der Waals surface area contributed by atoms with Crippen molar-refractivity contribution in [2.75, 3.05) is 13.2 Å². The van der Waals surface area contributed by atoms with Gasteiger partial charge < -0.3 is 9.15 Å². The van der Waals surface area contributed by atoms with E-state index < -0.39 is 0 Å². The van der Waals surface area contributed by atoms with Gasteiger partial charge >= 0.3 is 0 Å². The molecule has 1 aliphatic heterocycles. The summed E-state index contributed by atoms with van der Waals surface area (Å²) in [5.41, 5.74) is 2.89. The molecule has 3 nitrogen and oxygen atoms in total. The zero-order valence-electron chi connectivity index (χ0n) is 15.6. The van der Waals surface area contributed by atoms with Gasteiger partial charge in [-0.15, -0.1) is 0 Å². The van der Waals surface area contributed by atoms with Crippen LogP contribution in [0.2, 0.25) is 0 Å². The summed E-state index contributed by atoms with van der Waals surface area (Å²) in [7, 11) is 0. The maximum Gasteiger partial charge on any atom is 0.144 e. The second-order valence-electron chi connectivity index (χ2n) is 7.55. The normalized spacial score (nSPS) is 24.2. The van der Waals surface area contributed by atoms with E-state index in [2.05, 4.69) is 50.0 Å². The summed E-state index contributed by atoms with van der Waals surface area (Å²) in [6.07, 6.45) is 7.02. The summed E-state index contributed by atoms with van der Waals surface area (Å²) < 4.78 is 11.4. The molecule has 1 aliphatic rings. The number of benzene rings is 1. The zero-order chi connectivity index (χ0) is 17.7. The van der Waals surface area contributed by atoms with Crippen LogP contribution in [0.5, 0.6) is 0 Å². The lowest BCUT2D eigenvalue weighted by Gasteiger charge is -2.43. The lowest BCUT2D eigenvalue weighted by molar-refractivity contribution is -0.0464. The second kappa shape index (κ2) is 8.01. The van der Waals surface area contributed by atoms with Gasteiger partial charge in [0.05, 0.1) is 18.6 Å². The smallest absolute Gasteiger partial charge is 0.144 e. The molecule has 1 aromatic carbocycles. The zero-order valence-corrected chi connectivity index (χ0v) is 15.6. The van der Waals surface area contributed by atoms with Gasteiger partial charge in [0.2, 0.25) is 0 Å². The van der Waals surface area contributed by atoms with Crippen LogP contribution in [0.4, 0.5) is 0 Å². The minimum atomic E-state index is 0.154. The van der Waals surface area contributed by atoms with Crippen molar-refractivity contribution in [3.63, 3.8) is 0 Å². The first-order chi connectivity index (χ1) is 12.1. The van der Waals surface area contributed by atoms with E-state index in [1.807, 2.05) is 18.3 Å². The van der Waals surface area contributed by atoms with Crippen molar-refractivity contribution in [2.24, 2.45) is 10.9 Å². The highest BCUT2D eigenvalue weighted by atomic mass is 16.5. The number of aryl methyl sites for hydroxylation is 1. The van der Waals surface area contributed by atoms with Gasteiger partial charge in [-0.05, 0) is 49.8 Å². The van der Waals surface area contributed by atoms with Crippen LogP contribution in [0.15, 0.2) is 52.1 Å². The van der Waals surface area contributed by atoms with Gasteiger partial charge in [0.1, 0.15) is 5.76 Å². The minimum absolute atomic E-state index is 0.154. The SMILES string of the molecule is Cc1ccc([C@]2(CCN=Cc3ccco3)CCO[C@H](C(C)C)C2)cc1. The molecule has 3 rings (SSSR count). The van der Waals surface area contributed by atoms with Gasteiger partial charge in [0, 0.05) is 18.6 Å². The predicted molar refractivity (Wildman–Crippen MR) is 102 cm³/mol. The Labute approximate surface area is 151 Å². The highest BCUT2D eigenvalue weighted by Crippen LogP contribution is 2.42. The molecular formula is C22H29NO2. The number of rotatable bonds is 6. The molecule has 1 saturated heterocycles. The summed E-state index contributed by atoms with van der Waals surface area (Å²) in [6, 6.07) is 12.9. The molecule has 25 heavy (non-hydrogen) atoms. The summed E-state index contributed by atoms with van der Waals surface area (Å²) in [5.74, 6) is 1.35. The van der Waals surface area contributed by atoms with Crippen molar-refractivity contribution in [1.29, 1.82) is 0 Å². The average Bonchev–Trinajstić information content (AvgIpc) is 3.13. The lowest BCUT2D eigenvalue weighted by Crippen LogP contribution is -2.41. The van der Waals surface area contributed by atoms with Crippen molar-refractivity contribution < 1.29 is 9.15 Å². The first-order valence-corrected chi connectivity index (χ1v) is 9.31. The Balaban J connectivity index is 1.77. The summed E-state index contributed by atoms with van der Waals surface area (Å²) >= 11 is 0. The van der Waals surface area contributed by atoms with Gasteiger partial charge in [-0.2, -0.15) is 0 Å². The Bertz CT molecular complexity index is 673. The number of aliphatic imine (C=N–C) groups is 1.